The minimum Gasteiger partial charge on any atom is -0.508 e. The molecule has 1 aromatic heterocycles. The number of fused-ring (bicyclic) bond motifs is 1. The summed E-state index contributed by atoms with van der Waals surface area (Å²) in [5, 5.41) is 43.7. The first-order chi connectivity index (χ1) is 31.2. The summed E-state index contributed by atoms with van der Waals surface area (Å²) in [6, 6.07) is 10.8. The van der Waals surface area contributed by atoms with Crippen LogP contribution in [-0.4, -0.2) is 104 Å². The van der Waals surface area contributed by atoms with Crippen molar-refractivity contribution in [3.05, 3.63) is 95.7 Å². The number of esters is 1. The molecule has 8 atom stereocenters. The fourth-order valence-electron chi connectivity index (χ4n) is 7.85. The molecule has 2 aliphatic rings. The van der Waals surface area contributed by atoms with Crippen molar-refractivity contribution in [2.24, 2.45) is 0 Å². The molecule has 0 spiro atoms. The second kappa shape index (κ2) is 22.1. The molecule has 18 heteroatoms. The number of aromatic hydroxyl groups is 2. The van der Waals surface area contributed by atoms with Gasteiger partial charge in [0.05, 0.1) is 6.10 Å². The predicted octanol–water partition coefficient (Wildman–Crippen LogP) is 3.10. The van der Waals surface area contributed by atoms with Crippen molar-refractivity contribution in [3.63, 3.8) is 0 Å². The number of amides is 5. The van der Waals surface area contributed by atoms with Crippen molar-refractivity contribution in [2.45, 2.75) is 127 Å². The molecular formula is C47H56N6O12. The first-order valence-electron chi connectivity index (χ1n) is 21.9. The first kappa shape index (κ1) is 47.5. The van der Waals surface area contributed by atoms with Crippen molar-refractivity contribution >= 4 is 52.4 Å². The minimum absolute atomic E-state index is 0.0699. The number of carboxylic acids is 1. The highest BCUT2D eigenvalue weighted by atomic mass is 16.6. The number of phenolic OH excluding ortho intramolecular Hbond substituents is 2. The molecule has 5 amide bonds. The number of hydrogen-bond acceptors (Lipinski definition) is 11. The van der Waals surface area contributed by atoms with Crippen LogP contribution in [0.4, 0.5) is 0 Å². The van der Waals surface area contributed by atoms with Crippen molar-refractivity contribution in [2.75, 3.05) is 0 Å². The summed E-state index contributed by atoms with van der Waals surface area (Å²) in [7, 11) is 0. The standard InChI is InChI=1S/C47H56N6O12/c1-3-4-5-6-10-13-37-41(65-37)46(62)52-39-26(2)64-47(63)40(28-14-16-30(54)17-15-28)53-44(60)36(23-29-25-48-33-19-18-31(55)24-32(29)33)50-42(58)34(20-21-38(56)57)49-43(59)35(51-45(39)61)22-27-11-8-7-9-12-27/h7-9,11-12,14-19,24-26,34-37,39-41,48,54-55H,3-6,10,13,20-23H2,1-2H3,(H,49,59)(H,50,58)(H,51,61)(H,52,62)(H,53,60)(H,56,57). The number of aromatic nitrogens is 1. The number of phenols is 2. The predicted molar refractivity (Wildman–Crippen MR) is 235 cm³/mol. The van der Waals surface area contributed by atoms with Crippen molar-refractivity contribution in [3.8, 4) is 11.5 Å². The smallest absolute Gasteiger partial charge is 0.333 e. The average molecular weight is 897 g/mol. The molecule has 0 saturated carbocycles. The minimum atomic E-state index is -1.62. The summed E-state index contributed by atoms with van der Waals surface area (Å²) in [6.07, 6.45) is 3.20. The molecule has 4 aromatic rings. The molecule has 18 nitrogen and oxygen atoms in total. The van der Waals surface area contributed by atoms with Gasteiger partial charge in [0.2, 0.25) is 23.6 Å². The lowest BCUT2D eigenvalue weighted by Gasteiger charge is -2.30. The van der Waals surface area contributed by atoms with E-state index >= 15 is 0 Å². The number of hydrogen-bond donors (Lipinski definition) is 9. The van der Waals surface area contributed by atoms with Gasteiger partial charge in [0.1, 0.15) is 41.8 Å². The molecule has 6 rings (SSSR count). The van der Waals surface area contributed by atoms with Crippen molar-refractivity contribution < 1.29 is 58.4 Å². The van der Waals surface area contributed by atoms with Crippen LogP contribution in [0.15, 0.2) is 79.0 Å². The van der Waals surface area contributed by atoms with Gasteiger partial charge in [-0.05, 0) is 66.8 Å². The third kappa shape index (κ3) is 13.1. The highest BCUT2D eigenvalue weighted by molar-refractivity contribution is 5.98. The van der Waals surface area contributed by atoms with Gasteiger partial charge in [0, 0.05) is 36.4 Å². The Kier molecular flexibility index (Phi) is 16.2. The van der Waals surface area contributed by atoms with Gasteiger partial charge in [0.15, 0.2) is 12.1 Å². The lowest BCUT2D eigenvalue weighted by atomic mass is 10.0. The fourth-order valence-corrected chi connectivity index (χ4v) is 7.85. The van der Waals surface area contributed by atoms with Gasteiger partial charge in [-0.3, -0.25) is 28.8 Å². The third-order valence-corrected chi connectivity index (χ3v) is 11.5. The number of carboxylic acid groups (broad SMARTS) is 1. The van der Waals surface area contributed by atoms with Crippen LogP contribution < -0.4 is 26.6 Å². The van der Waals surface area contributed by atoms with E-state index in [9.17, 15) is 48.9 Å². The van der Waals surface area contributed by atoms with Crippen molar-refractivity contribution in [1.29, 1.82) is 0 Å². The molecule has 8 unspecified atom stereocenters. The van der Waals surface area contributed by atoms with E-state index in [-0.39, 0.29) is 36.0 Å². The van der Waals surface area contributed by atoms with E-state index in [0.29, 0.717) is 28.5 Å². The molecule has 65 heavy (non-hydrogen) atoms. The van der Waals surface area contributed by atoms with E-state index in [0.717, 1.165) is 32.1 Å². The van der Waals surface area contributed by atoms with Crippen LogP contribution in [0, 0.1) is 0 Å². The Morgan fingerprint density at radius 3 is 2.09 bits per heavy atom. The molecule has 0 radical (unpaired) electrons. The lowest BCUT2D eigenvalue weighted by Crippen LogP contribution is -2.61. The topological polar surface area (TPSA) is 278 Å². The molecule has 3 heterocycles. The maximum absolute atomic E-state index is 14.5. The zero-order valence-electron chi connectivity index (χ0n) is 36.2. The van der Waals surface area contributed by atoms with Gasteiger partial charge in [0.25, 0.3) is 5.91 Å². The molecular weight excluding hydrogens is 841 g/mol. The van der Waals surface area contributed by atoms with E-state index in [4.69, 9.17) is 9.47 Å². The molecule has 0 bridgehead atoms. The van der Waals surface area contributed by atoms with Crippen LogP contribution in [0.25, 0.3) is 10.9 Å². The number of benzene rings is 3. The number of aliphatic carboxylic acids is 1. The van der Waals surface area contributed by atoms with Gasteiger partial charge < -0.3 is 56.4 Å². The summed E-state index contributed by atoms with van der Waals surface area (Å²) in [5.41, 5.74) is 1.81. The zero-order valence-corrected chi connectivity index (χ0v) is 36.2. The van der Waals surface area contributed by atoms with E-state index in [2.05, 4.69) is 38.5 Å². The van der Waals surface area contributed by atoms with E-state index in [1.54, 1.807) is 42.6 Å². The molecule has 346 valence electrons. The summed E-state index contributed by atoms with van der Waals surface area (Å²) in [6.45, 7) is 3.48. The Hall–Kier alpha value is -6.95. The number of carbonyl (C=O) groups excluding carboxylic acids is 6. The SMILES string of the molecule is CCCCCCCC1OC1C(=O)NC1C(=O)NC(Cc2ccccc2)C(=O)NC(CCC(=O)O)C(=O)NC(Cc2c[nH]c3ccc(O)cc23)C(=O)NC(c2ccc(O)cc2)C(=O)OC1C. The number of cyclic esters (lactones) is 1. The number of ether oxygens (including phenoxy) is 2. The fraction of sp³-hybridized carbons (Fsp3) is 0.426. The Bertz CT molecular complexity index is 2340. The Morgan fingerprint density at radius 2 is 1.37 bits per heavy atom. The van der Waals surface area contributed by atoms with Gasteiger partial charge in [-0.2, -0.15) is 0 Å². The largest absolute Gasteiger partial charge is 0.508 e. The summed E-state index contributed by atoms with van der Waals surface area (Å²) < 4.78 is 11.6. The number of rotatable bonds is 16. The van der Waals surface area contributed by atoms with Gasteiger partial charge >= 0.3 is 11.9 Å². The molecule has 2 fully saturated rings. The van der Waals surface area contributed by atoms with E-state index < -0.39 is 96.7 Å². The van der Waals surface area contributed by atoms with E-state index in [1.165, 1.54) is 43.3 Å². The number of H-pyrrole nitrogens is 1. The molecule has 2 saturated heterocycles. The summed E-state index contributed by atoms with van der Waals surface area (Å²) in [5.74, 6) is -6.90. The number of epoxide rings is 1. The first-order valence-corrected chi connectivity index (χ1v) is 21.9. The normalized spacial score (nSPS) is 24.2. The highest BCUT2D eigenvalue weighted by Gasteiger charge is 2.46. The van der Waals surface area contributed by atoms with E-state index in [1.807, 2.05) is 0 Å². The van der Waals surface area contributed by atoms with Crippen LogP contribution in [0.5, 0.6) is 11.5 Å². The van der Waals surface area contributed by atoms with Gasteiger partial charge in [-0.1, -0.05) is 81.5 Å². The van der Waals surface area contributed by atoms with Crippen LogP contribution >= 0.6 is 0 Å². The number of unbranched alkanes of at least 4 members (excludes halogenated alkanes) is 4. The molecule has 2 aliphatic heterocycles. The number of carbonyl (C=O) groups is 7. The Labute approximate surface area is 375 Å². The van der Waals surface area contributed by atoms with Crippen LogP contribution in [0.1, 0.15) is 87.9 Å². The maximum atomic E-state index is 14.5. The quantitative estimate of drug-likeness (QED) is 0.0446. The second-order valence-electron chi connectivity index (χ2n) is 16.5. The lowest BCUT2D eigenvalue weighted by molar-refractivity contribution is -0.156. The van der Waals surface area contributed by atoms with Crippen molar-refractivity contribution in [1.82, 2.24) is 31.6 Å². The Morgan fingerprint density at radius 1 is 0.723 bits per heavy atom. The zero-order chi connectivity index (χ0) is 46.6. The van der Waals surface area contributed by atoms with Gasteiger partial charge in [-0.15, -0.1) is 0 Å². The van der Waals surface area contributed by atoms with Crippen LogP contribution in [-0.2, 0) is 55.9 Å². The molecule has 0 aliphatic carbocycles. The maximum Gasteiger partial charge on any atom is 0.333 e. The second-order valence-corrected chi connectivity index (χ2v) is 16.5. The highest BCUT2D eigenvalue weighted by Crippen LogP contribution is 2.29. The number of nitrogens with one attached hydrogen (secondary N) is 6. The average Bonchev–Trinajstić information content (AvgIpc) is 3.96. The monoisotopic (exact) mass is 896 g/mol. The summed E-state index contributed by atoms with van der Waals surface area (Å²) in [4.78, 5) is 100. The molecule has 3 aromatic carbocycles. The van der Waals surface area contributed by atoms with Crippen LogP contribution in [0.3, 0.4) is 0 Å². The third-order valence-electron chi connectivity index (χ3n) is 11.5. The van der Waals surface area contributed by atoms with Crippen LogP contribution in [0.2, 0.25) is 0 Å². The molecule has 9 N–H and O–H groups in total. The Balaban J connectivity index is 1.38. The summed E-state index contributed by atoms with van der Waals surface area (Å²) >= 11 is 0. The van der Waals surface area contributed by atoms with Gasteiger partial charge in [-0.25, -0.2) is 4.79 Å². The number of aromatic amines is 1.